The first-order chi connectivity index (χ1) is 7.66. The van der Waals surface area contributed by atoms with E-state index >= 15 is 0 Å². The summed E-state index contributed by atoms with van der Waals surface area (Å²) in [6.07, 6.45) is 5.17. The molecule has 1 aromatic heterocycles. The lowest BCUT2D eigenvalue weighted by molar-refractivity contribution is 0.641. The molecule has 0 aliphatic heterocycles. The SMILES string of the molecule is C#CCSCCNCc1c(Br)c(C)nn1C. The van der Waals surface area contributed by atoms with Crippen molar-refractivity contribution < 1.29 is 0 Å². The van der Waals surface area contributed by atoms with E-state index in [1.54, 1.807) is 11.8 Å². The maximum atomic E-state index is 5.17. The van der Waals surface area contributed by atoms with Crippen molar-refractivity contribution in [2.24, 2.45) is 7.05 Å². The number of aryl methyl sites for hydroxylation is 2. The molecule has 16 heavy (non-hydrogen) atoms. The second kappa shape index (κ2) is 7.00. The van der Waals surface area contributed by atoms with Crippen molar-refractivity contribution >= 4 is 27.7 Å². The Morgan fingerprint density at radius 3 is 2.94 bits per heavy atom. The van der Waals surface area contributed by atoms with E-state index in [9.17, 15) is 0 Å². The summed E-state index contributed by atoms with van der Waals surface area (Å²) in [5, 5.41) is 7.71. The fourth-order valence-corrected chi connectivity index (χ4v) is 2.38. The van der Waals surface area contributed by atoms with Crippen molar-refractivity contribution in [3.63, 3.8) is 0 Å². The molecule has 0 saturated heterocycles. The van der Waals surface area contributed by atoms with Crippen LogP contribution in [0.4, 0.5) is 0 Å². The smallest absolute Gasteiger partial charge is 0.0739 e. The Bertz CT molecular complexity index is 381. The molecule has 0 aromatic carbocycles. The minimum Gasteiger partial charge on any atom is -0.310 e. The van der Waals surface area contributed by atoms with Gasteiger partial charge in [-0.05, 0) is 22.9 Å². The highest BCUT2D eigenvalue weighted by molar-refractivity contribution is 9.10. The van der Waals surface area contributed by atoms with Gasteiger partial charge in [-0.2, -0.15) is 5.10 Å². The first-order valence-electron chi connectivity index (χ1n) is 5.06. The van der Waals surface area contributed by atoms with Gasteiger partial charge in [0, 0.05) is 25.9 Å². The van der Waals surface area contributed by atoms with E-state index in [0.717, 1.165) is 34.8 Å². The van der Waals surface area contributed by atoms with Gasteiger partial charge in [-0.15, -0.1) is 18.2 Å². The quantitative estimate of drug-likeness (QED) is 0.643. The van der Waals surface area contributed by atoms with Crippen LogP contribution < -0.4 is 5.32 Å². The molecule has 0 fully saturated rings. The molecule has 1 rings (SSSR count). The third-order valence-corrected chi connectivity index (χ3v) is 4.06. The molecule has 1 N–H and O–H groups in total. The van der Waals surface area contributed by atoms with Crippen molar-refractivity contribution in [2.45, 2.75) is 13.5 Å². The molecule has 0 amide bonds. The van der Waals surface area contributed by atoms with Crippen molar-refractivity contribution in [1.29, 1.82) is 0 Å². The van der Waals surface area contributed by atoms with Gasteiger partial charge in [-0.25, -0.2) is 0 Å². The molecule has 3 nitrogen and oxygen atoms in total. The Kier molecular flexibility index (Phi) is 5.96. The summed E-state index contributed by atoms with van der Waals surface area (Å²) in [7, 11) is 1.96. The molecule has 1 heterocycles. The number of aromatic nitrogens is 2. The fourth-order valence-electron chi connectivity index (χ4n) is 1.35. The normalized spacial score (nSPS) is 10.4. The maximum absolute atomic E-state index is 5.17. The van der Waals surface area contributed by atoms with Crippen molar-refractivity contribution in [1.82, 2.24) is 15.1 Å². The van der Waals surface area contributed by atoms with E-state index in [1.165, 1.54) is 5.69 Å². The molecule has 0 aliphatic carbocycles. The van der Waals surface area contributed by atoms with Crippen LogP contribution in [-0.2, 0) is 13.6 Å². The zero-order valence-corrected chi connectivity index (χ0v) is 12.0. The van der Waals surface area contributed by atoms with Crippen molar-refractivity contribution in [3.05, 3.63) is 15.9 Å². The topological polar surface area (TPSA) is 29.9 Å². The number of rotatable bonds is 6. The average molecular weight is 302 g/mol. The summed E-state index contributed by atoms with van der Waals surface area (Å²) in [5.74, 6) is 4.44. The standard InChI is InChI=1S/C11H16BrN3S/c1-4-6-16-7-5-13-8-10-11(12)9(2)14-15(10)3/h1,13H,5-8H2,2-3H3. The lowest BCUT2D eigenvalue weighted by Gasteiger charge is -2.05. The number of terminal acetylenes is 1. The summed E-state index contributed by atoms with van der Waals surface area (Å²) in [4.78, 5) is 0. The van der Waals surface area contributed by atoms with Gasteiger partial charge in [-0.1, -0.05) is 5.92 Å². The minimum absolute atomic E-state index is 0.788. The van der Waals surface area contributed by atoms with E-state index in [1.807, 2.05) is 18.7 Å². The summed E-state index contributed by atoms with van der Waals surface area (Å²) in [5.41, 5.74) is 2.21. The number of halogens is 1. The van der Waals surface area contributed by atoms with Crippen LogP contribution in [-0.4, -0.2) is 27.8 Å². The molecule has 0 saturated carbocycles. The first-order valence-corrected chi connectivity index (χ1v) is 7.01. The molecule has 0 atom stereocenters. The third-order valence-electron chi connectivity index (χ3n) is 2.16. The van der Waals surface area contributed by atoms with Crippen molar-refractivity contribution in [2.75, 3.05) is 18.1 Å². The second-order valence-electron chi connectivity index (χ2n) is 3.40. The Balaban J connectivity index is 2.30. The van der Waals surface area contributed by atoms with Crippen LogP contribution in [0.25, 0.3) is 0 Å². The zero-order valence-electron chi connectivity index (χ0n) is 9.59. The van der Waals surface area contributed by atoms with E-state index in [0.29, 0.717) is 0 Å². The zero-order chi connectivity index (χ0) is 12.0. The number of hydrogen-bond donors (Lipinski definition) is 1. The first kappa shape index (κ1) is 13.6. The van der Waals surface area contributed by atoms with Crippen LogP contribution in [0, 0.1) is 19.3 Å². The van der Waals surface area contributed by atoms with E-state index in [2.05, 4.69) is 32.3 Å². The highest BCUT2D eigenvalue weighted by atomic mass is 79.9. The molecule has 0 bridgehead atoms. The van der Waals surface area contributed by atoms with Crippen LogP contribution in [0.5, 0.6) is 0 Å². The highest BCUT2D eigenvalue weighted by Gasteiger charge is 2.09. The Hall–Kier alpha value is -0.440. The van der Waals surface area contributed by atoms with Gasteiger partial charge in [-0.3, -0.25) is 4.68 Å². The van der Waals surface area contributed by atoms with E-state index in [-0.39, 0.29) is 0 Å². The Labute approximate surface area is 109 Å². The summed E-state index contributed by atoms with van der Waals surface area (Å²) < 4.78 is 3.00. The number of nitrogens with one attached hydrogen (secondary N) is 1. The maximum Gasteiger partial charge on any atom is 0.0739 e. The number of thioether (sulfide) groups is 1. The minimum atomic E-state index is 0.788. The van der Waals surface area contributed by atoms with Gasteiger partial charge in [0.2, 0.25) is 0 Å². The van der Waals surface area contributed by atoms with E-state index < -0.39 is 0 Å². The molecule has 0 aliphatic rings. The summed E-state index contributed by atoms with van der Waals surface area (Å²) in [6, 6.07) is 0. The van der Waals surface area contributed by atoms with Gasteiger partial charge < -0.3 is 5.32 Å². The molecule has 5 heteroatoms. The van der Waals surface area contributed by atoms with Gasteiger partial charge in [0.15, 0.2) is 0 Å². The van der Waals surface area contributed by atoms with Crippen LogP contribution >= 0.6 is 27.7 Å². The Morgan fingerprint density at radius 1 is 1.62 bits per heavy atom. The molecule has 1 aromatic rings. The van der Waals surface area contributed by atoms with Gasteiger partial charge in [0.25, 0.3) is 0 Å². The lowest BCUT2D eigenvalue weighted by Crippen LogP contribution is -2.18. The molecule has 0 radical (unpaired) electrons. The van der Waals surface area contributed by atoms with Crippen molar-refractivity contribution in [3.8, 4) is 12.3 Å². The fraction of sp³-hybridized carbons (Fsp3) is 0.545. The molecular formula is C11H16BrN3S. The van der Waals surface area contributed by atoms with Gasteiger partial charge in [0.05, 0.1) is 21.6 Å². The van der Waals surface area contributed by atoms with Gasteiger partial charge in [0.1, 0.15) is 0 Å². The summed E-state index contributed by atoms with van der Waals surface area (Å²) >= 11 is 5.31. The average Bonchev–Trinajstić information content (AvgIpc) is 2.49. The van der Waals surface area contributed by atoms with Crippen LogP contribution in [0.15, 0.2) is 4.47 Å². The molecule has 0 spiro atoms. The van der Waals surface area contributed by atoms with Crippen LogP contribution in [0.2, 0.25) is 0 Å². The Morgan fingerprint density at radius 2 is 2.38 bits per heavy atom. The van der Waals surface area contributed by atoms with Crippen LogP contribution in [0.3, 0.4) is 0 Å². The molecule has 0 unspecified atom stereocenters. The summed E-state index contributed by atoms with van der Waals surface area (Å²) in [6.45, 7) is 3.79. The third kappa shape index (κ3) is 3.85. The monoisotopic (exact) mass is 301 g/mol. The molecule has 88 valence electrons. The predicted octanol–water partition coefficient (Wildman–Crippen LogP) is 1.95. The molecular weight excluding hydrogens is 286 g/mol. The number of hydrogen-bond acceptors (Lipinski definition) is 3. The number of nitrogens with zero attached hydrogens (tertiary/aromatic N) is 2. The highest BCUT2D eigenvalue weighted by Crippen LogP contribution is 2.19. The predicted molar refractivity (Wildman–Crippen MR) is 73.5 cm³/mol. The van der Waals surface area contributed by atoms with E-state index in [4.69, 9.17) is 6.42 Å². The van der Waals surface area contributed by atoms with Crippen LogP contribution in [0.1, 0.15) is 11.4 Å². The largest absolute Gasteiger partial charge is 0.310 e. The van der Waals surface area contributed by atoms with Gasteiger partial charge >= 0.3 is 0 Å². The lowest BCUT2D eigenvalue weighted by atomic mass is 10.3. The second-order valence-corrected chi connectivity index (χ2v) is 5.30.